The molecule has 2 aromatic heterocycles. The minimum atomic E-state index is -0.318. The minimum absolute atomic E-state index is 0.0355. The van der Waals surface area contributed by atoms with Crippen LogP contribution >= 0.6 is 11.6 Å². The maximum absolute atomic E-state index is 12.5. The fourth-order valence-electron chi connectivity index (χ4n) is 2.40. The molecular weight excluding hydrogens is 318 g/mol. The van der Waals surface area contributed by atoms with E-state index in [1.807, 2.05) is 0 Å². The van der Waals surface area contributed by atoms with Crippen molar-refractivity contribution in [2.45, 2.75) is 39.5 Å². The Balaban J connectivity index is 2.09. The first-order chi connectivity index (χ1) is 11.1. The number of unbranched alkanes of at least 4 members (excludes halogenated alkanes) is 1. The lowest BCUT2D eigenvalue weighted by atomic mass is 9.99. The van der Waals surface area contributed by atoms with Crippen molar-refractivity contribution in [1.82, 2.24) is 10.5 Å². The molecule has 0 saturated carbocycles. The van der Waals surface area contributed by atoms with Crippen molar-refractivity contribution >= 4 is 23.4 Å². The van der Waals surface area contributed by atoms with Crippen molar-refractivity contribution in [2.75, 3.05) is 12.3 Å². The third-order valence-electron chi connectivity index (χ3n) is 3.85. The number of furan rings is 1. The van der Waals surface area contributed by atoms with Gasteiger partial charge in [0.1, 0.15) is 5.56 Å². The van der Waals surface area contributed by atoms with Crippen molar-refractivity contribution in [1.29, 1.82) is 0 Å². The Labute approximate surface area is 140 Å². The maximum atomic E-state index is 12.5. The van der Waals surface area contributed by atoms with Crippen molar-refractivity contribution in [3.63, 3.8) is 0 Å². The van der Waals surface area contributed by atoms with E-state index in [0.717, 1.165) is 25.7 Å². The van der Waals surface area contributed by atoms with Gasteiger partial charge in [0.15, 0.2) is 16.7 Å². The second-order valence-electron chi connectivity index (χ2n) is 5.50. The Kier molecular flexibility index (Phi) is 6.10. The molecule has 0 aliphatic heterocycles. The van der Waals surface area contributed by atoms with Crippen LogP contribution in [0.4, 0.5) is 5.88 Å². The maximum Gasteiger partial charge on any atom is 0.259 e. The number of carbonyl (C=O) groups excluding carboxylic acids is 1. The molecule has 0 aliphatic rings. The molecule has 3 N–H and O–H groups in total. The zero-order valence-electron chi connectivity index (χ0n) is 13.4. The summed E-state index contributed by atoms with van der Waals surface area (Å²) in [6.45, 7) is 4.87. The predicted molar refractivity (Wildman–Crippen MR) is 89.3 cm³/mol. The average molecular weight is 340 g/mol. The van der Waals surface area contributed by atoms with E-state index in [-0.39, 0.29) is 28.3 Å². The number of aromatic nitrogens is 1. The number of carbonyl (C=O) groups is 1. The van der Waals surface area contributed by atoms with Crippen LogP contribution in [0.25, 0.3) is 11.5 Å². The van der Waals surface area contributed by atoms with Crippen molar-refractivity contribution in [2.24, 2.45) is 5.92 Å². The van der Waals surface area contributed by atoms with Gasteiger partial charge in [0, 0.05) is 6.54 Å². The summed E-state index contributed by atoms with van der Waals surface area (Å²) in [5, 5.41) is 6.92. The molecule has 7 heteroatoms. The minimum Gasteiger partial charge on any atom is -0.443 e. The Morgan fingerprint density at radius 1 is 1.43 bits per heavy atom. The molecule has 0 fully saturated rings. The highest BCUT2D eigenvalue weighted by Gasteiger charge is 2.24. The van der Waals surface area contributed by atoms with E-state index in [0.29, 0.717) is 18.2 Å². The summed E-state index contributed by atoms with van der Waals surface area (Å²) < 4.78 is 10.2. The highest BCUT2D eigenvalue weighted by atomic mass is 35.5. The van der Waals surface area contributed by atoms with Crippen LogP contribution in [-0.4, -0.2) is 17.6 Å². The van der Waals surface area contributed by atoms with Crippen LogP contribution in [0.15, 0.2) is 21.1 Å². The first-order valence-electron chi connectivity index (χ1n) is 7.85. The lowest BCUT2D eigenvalue weighted by Crippen LogP contribution is -2.29. The van der Waals surface area contributed by atoms with Crippen molar-refractivity contribution in [3.8, 4) is 11.5 Å². The standard InChI is InChI=1S/C16H22ClN3O3/c1-3-5-6-10(4-2)9-19-16(21)13-14(20-23-15(13)18)11-7-8-12(17)22-11/h7-8,10H,3-6,9,18H2,1-2H3,(H,19,21). The molecule has 2 rings (SSSR count). The summed E-state index contributed by atoms with van der Waals surface area (Å²) in [6, 6.07) is 3.19. The smallest absolute Gasteiger partial charge is 0.259 e. The van der Waals surface area contributed by atoms with Gasteiger partial charge in [-0.15, -0.1) is 0 Å². The van der Waals surface area contributed by atoms with Crippen LogP contribution in [0, 0.1) is 5.92 Å². The summed E-state index contributed by atoms with van der Waals surface area (Å²) in [5.74, 6) is 0.438. The fraction of sp³-hybridized carbons (Fsp3) is 0.500. The van der Waals surface area contributed by atoms with Gasteiger partial charge in [0.25, 0.3) is 5.91 Å². The Morgan fingerprint density at radius 2 is 2.22 bits per heavy atom. The number of halogens is 1. The van der Waals surface area contributed by atoms with E-state index in [1.54, 1.807) is 12.1 Å². The molecule has 2 heterocycles. The Bertz CT molecular complexity index is 651. The molecule has 0 bridgehead atoms. The van der Waals surface area contributed by atoms with Gasteiger partial charge in [0.2, 0.25) is 5.88 Å². The molecule has 126 valence electrons. The van der Waals surface area contributed by atoms with Crippen LogP contribution in [0.5, 0.6) is 0 Å². The average Bonchev–Trinajstić information content (AvgIpc) is 3.13. The molecule has 0 aromatic carbocycles. The second kappa shape index (κ2) is 8.06. The topological polar surface area (TPSA) is 94.3 Å². The number of hydrogen-bond acceptors (Lipinski definition) is 5. The Hall–Kier alpha value is -1.95. The lowest BCUT2D eigenvalue weighted by molar-refractivity contribution is 0.0946. The van der Waals surface area contributed by atoms with Gasteiger partial charge in [-0.3, -0.25) is 4.79 Å². The van der Waals surface area contributed by atoms with Crippen LogP contribution in [0.3, 0.4) is 0 Å². The summed E-state index contributed by atoms with van der Waals surface area (Å²) in [4.78, 5) is 12.5. The second-order valence-corrected chi connectivity index (χ2v) is 5.87. The monoisotopic (exact) mass is 339 g/mol. The number of nitrogen functional groups attached to an aromatic ring is 1. The number of hydrogen-bond donors (Lipinski definition) is 2. The number of amides is 1. The fourth-order valence-corrected chi connectivity index (χ4v) is 2.55. The number of nitrogens with one attached hydrogen (secondary N) is 1. The summed E-state index contributed by atoms with van der Waals surface area (Å²) in [5.41, 5.74) is 6.18. The number of anilines is 1. The van der Waals surface area contributed by atoms with E-state index in [2.05, 4.69) is 24.3 Å². The van der Waals surface area contributed by atoms with Gasteiger partial charge in [-0.25, -0.2) is 0 Å². The molecule has 1 unspecified atom stereocenters. The van der Waals surface area contributed by atoms with Crippen molar-refractivity contribution < 1.29 is 13.7 Å². The zero-order chi connectivity index (χ0) is 16.8. The number of rotatable bonds is 8. The van der Waals surface area contributed by atoms with Crippen LogP contribution in [0.2, 0.25) is 5.22 Å². The van der Waals surface area contributed by atoms with E-state index in [9.17, 15) is 4.79 Å². The molecule has 0 saturated heterocycles. The van der Waals surface area contributed by atoms with E-state index < -0.39 is 0 Å². The lowest BCUT2D eigenvalue weighted by Gasteiger charge is -2.15. The Morgan fingerprint density at radius 3 is 2.83 bits per heavy atom. The molecule has 1 atom stereocenters. The SMILES string of the molecule is CCCCC(CC)CNC(=O)c1c(-c2ccc(Cl)o2)noc1N. The van der Waals surface area contributed by atoms with E-state index in [4.69, 9.17) is 26.3 Å². The van der Waals surface area contributed by atoms with Crippen LogP contribution in [0.1, 0.15) is 49.9 Å². The highest BCUT2D eigenvalue weighted by Crippen LogP contribution is 2.30. The highest BCUT2D eigenvalue weighted by molar-refractivity contribution is 6.29. The van der Waals surface area contributed by atoms with Gasteiger partial charge in [-0.1, -0.05) is 38.3 Å². The molecule has 0 spiro atoms. The molecule has 0 aliphatic carbocycles. The van der Waals surface area contributed by atoms with Crippen LogP contribution < -0.4 is 11.1 Å². The summed E-state index contributed by atoms with van der Waals surface area (Å²) >= 11 is 5.76. The van der Waals surface area contributed by atoms with Gasteiger partial charge in [-0.2, -0.15) is 0 Å². The molecule has 1 amide bonds. The van der Waals surface area contributed by atoms with Gasteiger partial charge in [-0.05, 0) is 36.1 Å². The van der Waals surface area contributed by atoms with E-state index >= 15 is 0 Å². The molecular formula is C16H22ClN3O3. The van der Waals surface area contributed by atoms with Gasteiger partial charge < -0.3 is 20.0 Å². The normalized spacial score (nSPS) is 12.3. The van der Waals surface area contributed by atoms with Crippen LogP contribution in [-0.2, 0) is 0 Å². The quantitative estimate of drug-likeness (QED) is 0.754. The first kappa shape index (κ1) is 17.4. The predicted octanol–water partition coefficient (Wildman–Crippen LogP) is 4.12. The molecule has 2 aromatic rings. The zero-order valence-corrected chi connectivity index (χ0v) is 14.2. The molecule has 6 nitrogen and oxygen atoms in total. The summed E-state index contributed by atoms with van der Waals surface area (Å²) in [7, 11) is 0. The number of nitrogens with two attached hydrogens (primary N) is 1. The van der Waals surface area contributed by atoms with E-state index in [1.165, 1.54) is 0 Å². The third-order valence-corrected chi connectivity index (χ3v) is 4.05. The molecule has 0 radical (unpaired) electrons. The van der Waals surface area contributed by atoms with Gasteiger partial charge in [0.05, 0.1) is 0 Å². The van der Waals surface area contributed by atoms with Gasteiger partial charge >= 0.3 is 0 Å². The molecule has 23 heavy (non-hydrogen) atoms. The number of nitrogens with zero attached hydrogens (tertiary/aromatic N) is 1. The summed E-state index contributed by atoms with van der Waals surface area (Å²) in [6.07, 6.45) is 4.40. The van der Waals surface area contributed by atoms with Crippen molar-refractivity contribution in [3.05, 3.63) is 22.9 Å². The largest absolute Gasteiger partial charge is 0.443 e. The third kappa shape index (κ3) is 4.28. The first-order valence-corrected chi connectivity index (χ1v) is 8.23.